The Hall–Kier alpha value is -1.52. The first-order valence-electron chi connectivity index (χ1n) is 4.71. The third-order valence-electron chi connectivity index (χ3n) is 1.78. The number of aromatic nitrogens is 1. The van der Waals surface area contributed by atoms with Gasteiger partial charge in [-0.25, -0.2) is 0 Å². The minimum absolute atomic E-state index is 0.339. The molecular formula is C12H12NO2S-. The molecule has 1 heterocycles. The standard InChI is InChI=1S/C7H8O2S.C5H5N/c1-6-2-4-7(5-3-6)10(8)9;1-2-4-6-5-3-1/h2-5H,1H3,(H,8,9);1-5H/p-1. The fraction of sp³-hybridized carbons (Fsp3) is 0.0833. The van der Waals surface area contributed by atoms with E-state index in [1.165, 1.54) is 0 Å². The van der Waals surface area contributed by atoms with E-state index in [-0.39, 0.29) is 0 Å². The minimum atomic E-state index is -2.09. The molecule has 0 aliphatic rings. The first kappa shape index (κ1) is 12.5. The lowest BCUT2D eigenvalue weighted by Crippen LogP contribution is -1.87. The first-order valence-corrected chi connectivity index (χ1v) is 5.78. The molecule has 0 aliphatic carbocycles. The van der Waals surface area contributed by atoms with Gasteiger partial charge in [0.2, 0.25) is 0 Å². The summed E-state index contributed by atoms with van der Waals surface area (Å²) in [7, 11) is 0. The molecule has 4 heteroatoms. The lowest BCUT2D eigenvalue weighted by Gasteiger charge is -2.03. The van der Waals surface area contributed by atoms with Crippen molar-refractivity contribution in [1.82, 2.24) is 4.98 Å². The van der Waals surface area contributed by atoms with Crippen LogP contribution in [0.2, 0.25) is 0 Å². The van der Waals surface area contributed by atoms with Crippen LogP contribution in [0.25, 0.3) is 0 Å². The normalized spacial score (nSPS) is 11.1. The highest BCUT2D eigenvalue weighted by Gasteiger charge is 1.88. The third kappa shape index (κ3) is 4.82. The maximum absolute atomic E-state index is 10.3. The van der Waals surface area contributed by atoms with Gasteiger partial charge < -0.3 is 4.55 Å². The van der Waals surface area contributed by atoms with Crippen molar-refractivity contribution >= 4 is 11.1 Å². The molecule has 2 aromatic rings. The van der Waals surface area contributed by atoms with Crippen LogP contribution in [0.15, 0.2) is 59.8 Å². The highest BCUT2D eigenvalue weighted by atomic mass is 32.2. The summed E-state index contributed by atoms with van der Waals surface area (Å²) in [6.45, 7) is 1.91. The fourth-order valence-corrected chi connectivity index (χ4v) is 1.32. The van der Waals surface area contributed by atoms with E-state index >= 15 is 0 Å². The quantitative estimate of drug-likeness (QED) is 0.711. The Morgan fingerprint density at radius 1 is 1.06 bits per heavy atom. The third-order valence-corrected chi connectivity index (χ3v) is 2.44. The smallest absolute Gasteiger partial charge is 0.0267 e. The number of benzene rings is 1. The molecule has 1 aromatic carbocycles. The van der Waals surface area contributed by atoms with Gasteiger partial charge in [0, 0.05) is 17.3 Å². The van der Waals surface area contributed by atoms with Crippen LogP contribution in [0.5, 0.6) is 0 Å². The van der Waals surface area contributed by atoms with Crippen molar-refractivity contribution in [2.45, 2.75) is 11.8 Å². The second kappa shape index (κ2) is 6.87. The van der Waals surface area contributed by atoms with Gasteiger partial charge in [-0.3, -0.25) is 9.19 Å². The van der Waals surface area contributed by atoms with Crippen molar-refractivity contribution in [3.8, 4) is 0 Å². The van der Waals surface area contributed by atoms with Crippen LogP contribution in [-0.2, 0) is 11.1 Å². The Labute approximate surface area is 97.5 Å². The van der Waals surface area contributed by atoms with E-state index in [4.69, 9.17) is 0 Å². The molecule has 0 radical (unpaired) electrons. The van der Waals surface area contributed by atoms with E-state index in [1.807, 2.05) is 25.1 Å². The molecule has 1 unspecified atom stereocenters. The molecule has 3 nitrogen and oxygen atoms in total. The maximum Gasteiger partial charge on any atom is 0.0267 e. The molecule has 0 amide bonds. The molecule has 0 fully saturated rings. The summed E-state index contributed by atoms with van der Waals surface area (Å²) in [5.41, 5.74) is 1.06. The number of hydrogen-bond donors (Lipinski definition) is 0. The monoisotopic (exact) mass is 234 g/mol. The van der Waals surface area contributed by atoms with Gasteiger partial charge in [-0.05, 0) is 42.3 Å². The molecule has 1 atom stereocenters. The van der Waals surface area contributed by atoms with Crippen molar-refractivity contribution in [3.63, 3.8) is 0 Å². The van der Waals surface area contributed by atoms with Gasteiger partial charge in [-0.1, -0.05) is 23.8 Å². The lowest BCUT2D eigenvalue weighted by molar-refractivity contribution is 0.537. The Bertz CT molecular complexity index is 402. The van der Waals surface area contributed by atoms with Crippen LogP contribution in [0.4, 0.5) is 0 Å². The Balaban J connectivity index is 0.000000181. The summed E-state index contributed by atoms with van der Waals surface area (Å²) in [6.07, 6.45) is 3.50. The molecule has 84 valence electrons. The van der Waals surface area contributed by atoms with Crippen molar-refractivity contribution in [2.75, 3.05) is 0 Å². The Morgan fingerprint density at radius 3 is 1.94 bits per heavy atom. The van der Waals surface area contributed by atoms with Crippen molar-refractivity contribution < 1.29 is 8.76 Å². The SMILES string of the molecule is Cc1ccc(S(=O)[O-])cc1.c1ccncc1. The summed E-state index contributed by atoms with van der Waals surface area (Å²) in [6, 6.07) is 12.4. The predicted octanol–water partition coefficient (Wildman–Crippen LogP) is 2.31. The van der Waals surface area contributed by atoms with Gasteiger partial charge in [0.15, 0.2) is 0 Å². The van der Waals surface area contributed by atoms with Crippen LogP contribution in [0.3, 0.4) is 0 Å². The summed E-state index contributed by atoms with van der Waals surface area (Å²) in [4.78, 5) is 4.12. The molecule has 1 aromatic heterocycles. The van der Waals surface area contributed by atoms with Gasteiger partial charge in [0.05, 0.1) is 0 Å². The predicted molar refractivity (Wildman–Crippen MR) is 62.6 cm³/mol. The zero-order valence-electron chi connectivity index (χ0n) is 8.87. The van der Waals surface area contributed by atoms with E-state index in [2.05, 4.69) is 4.98 Å². The molecule has 0 aliphatic heterocycles. The summed E-state index contributed by atoms with van der Waals surface area (Å²) < 4.78 is 20.6. The largest absolute Gasteiger partial charge is 0.768 e. The molecular weight excluding hydrogens is 222 g/mol. The first-order chi connectivity index (χ1) is 7.70. The highest BCUT2D eigenvalue weighted by Crippen LogP contribution is 2.05. The molecule has 0 N–H and O–H groups in total. The summed E-state index contributed by atoms with van der Waals surface area (Å²) in [5, 5.41) is 0. The summed E-state index contributed by atoms with van der Waals surface area (Å²) >= 11 is -2.09. The molecule has 0 bridgehead atoms. The topological polar surface area (TPSA) is 53.0 Å². The second-order valence-corrected chi connectivity index (χ2v) is 4.01. The number of nitrogens with zero attached hydrogens (tertiary/aromatic N) is 1. The van der Waals surface area contributed by atoms with E-state index in [9.17, 15) is 8.76 Å². The van der Waals surface area contributed by atoms with Crippen LogP contribution < -0.4 is 0 Å². The number of pyridine rings is 1. The molecule has 2 rings (SSSR count). The summed E-state index contributed by atoms with van der Waals surface area (Å²) in [5.74, 6) is 0. The van der Waals surface area contributed by atoms with Crippen LogP contribution in [0, 0.1) is 6.92 Å². The molecule has 0 spiro atoms. The van der Waals surface area contributed by atoms with Gasteiger partial charge in [-0.15, -0.1) is 0 Å². The van der Waals surface area contributed by atoms with Crippen molar-refractivity contribution in [2.24, 2.45) is 0 Å². The Morgan fingerprint density at radius 2 is 1.62 bits per heavy atom. The van der Waals surface area contributed by atoms with Crippen LogP contribution in [-0.4, -0.2) is 13.7 Å². The van der Waals surface area contributed by atoms with E-state index in [0.717, 1.165) is 5.56 Å². The number of aryl methyl sites for hydroxylation is 1. The average Bonchev–Trinajstić information content (AvgIpc) is 2.32. The molecule has 0 saturated carbocycles. The van der Waals surface area contributed by atoms with Crippen LogP contribution in [0.1, 0.15) is 5.56 Å². The average molecular weight is 234 g/mol. The second-order valence-electron chi connectivity index (χ2n) is 3.07. The van der Waals surface area contributed by atoms with Gasteiger partial charge in [-0.2, -0.15) is 0 Å². The lowest BCUT2D eigenvalue weighted by atomic mass is 10.2. The zero-order valence-corrected chi connectivity index (χ0v) is 9.68. The van der Waals surface area contributed by atoms with Gasteiger partial charge >= 0.3 is 0 Å². The number of hydrogen-bond acceptors (Lipinski definition) is 3. The fourth-order valence-electron chi connectivity index (χ4n) is 0.962. The van der Waals surface area contributed by atoms with E-state index < -0.39 is 11.1 Å². The number of rotatable bonds is 1. The van der Waals surface area contributed by atoms with Crippen LogP contribution >= 0.6 is 0 Å². The maximum atomic E-state index is 10.3. The molecule has 0 saturated heterocycles. The van der Waals surface area contributed by atoms with Crippen molar-refractivity contribution in [3.05, 3.63) is 60.4 Å². The van der Waals surface area contributed by atoms with E-state index in [0.29, 0.717) is 4.90 Å². The molecule has 16 heavy (non-hydrogen) atoms. The van der Waals surface area contributed by atoms with Gasteiger partial charge in [0.1, 0.15) is 0 Å². The Kier molecular flexibility index (Phi) is 5.39. The van der Waals surface area contributed by atoms with Gasteiger partial charge in [0.25, 0.3) is 0 Å². The highest BCUT2D eigenvalue weighted by molar-refractivity contribution is 7.79. The minimum Gasteiger partial charge on any atom is -0.768 e. The zero-order chi connectivity index (χ0) is 11.8. The van der Waals surface area contributed by atoms with E-state index in [1.54, 1.807) is 36.7 Å². The van der Waals surface area contributed by atoms with Crippen molar-refractivity contribution in [1.29, 1.82) is 0 Å².